The van der Waals surface area contributed by atoms with Gasteiger partial charge in [0.05, 0.1) is 20.3 Å². The number of nitrogens with zero attached hydrogens (tertiary/aromatic N) is 4. The summed E-state index contributed by atoms with van der Waals surface area (Å²) in [5.41, 5.74) is 0. The summed E-state index contributed by atoms with van der Waals surface area (Å²) in [6, 6.07) is 0. The molecule has 0 radical (unpaired) electrons. The highest BCUT2D eigenvalue weighted by Gasteiger charge is 2.10. The first-order chi connectivity index (χ1) is 9.27. The van der Waals surface area contributed by atoms with Crippen molar-refractivity contribution in [2.75, 3.05) is 39.8 Å². The van der Waals surface area contributed by atoms with Crippen LogP contribution < -0.4 is 0 Å². The molecule has 108 valence electrons. The van der Waals surface area contributed by atoms with Crippen molar-refractivity contribution in [2.24, 2.45) is 0 Å². The number of carbonyl (C=O) groups is 1. The van der Waals surface area contributed by atoms with E-state index in [4.69, 9.17) is 9.47 Å². The Labute approximate surface area is 115 Å². The van der Waals surface area contributed by atoms with Gasteiger partial charge in [0.25, 0.3) is 0 Å². The largest absolute Gasteiger partial charge is 0.468 e. The Morgan fingerprint density at radius 2 is 2.16 bits per heavy atom. The van der Waals surface area contributed by atoms with E-state index in [1.807, 2.05) is 0 Å². The molecule has 1 heterocycles. The Bertz CT molecular complexity index is 374. The van der Waals surface area contributed by atoms with Crippen molar-refractivity contribution in [1.82, 2.24) is 20.2 Å². The molecular weight excluding hydrogens is 272 g/mol. The molecule has 1 aromatic heterocycles. The molecule has 0 saturated heterocycles. The number of rotatable bonds is 10. The van der Waals surface area contributed by atoms with E-state index in [1.54, 1.807) is 7.11 Å². The average molecular weight is 290 g/mol. The first kappa shape index (κ1) is 15.9. The van der Waals surface area contributed by atoms with Crippen LogP contribution in [0.15, 0.2) is 5.16 Å². The molecule has 0 bridgehead atoms. The van der Waals surface area contributed by atoms with Gasteiger partial charge in [0, 0.05) is 19.5 Å². The van der Waals surface area contributed by atoms with Crippen molar-refractivity contribution < 1.29 is 19.0 Å². The van der Waals surface area contributed by atoms with Crippen LogP contribution in [0.25, 0.3) is 0 Å². The molecular formula is C10H18N4O4S. The molecule has 1 rings (SSSR count). The van der Waals surface area contributed by atoms with E-state index in [-0.39, 0.29) is 12.5 Å². The average Bonchev–Trinajstić information content (AvgIpc) is 2.85. The zero-order valence-corrected chi connectivity index (χ0v) is 11.9. The number of carbonyl (C=O) groups excluding carboxylic acids is 1. The van der Waals surface area contributed by atoms with Gasteiger partial charge >= 0.3 is 5.97 Å². The Morgan fingerprint density at radius 1 is 1.32 bits per heavy atom. The van der Waals surface area contributed by atoms with Crippen LogP contribution in [0.4, 0.5) is 0 Å². The minimum atomic E-state index is -0.378. The highest BCUT2D eigenvalue weighted by atomic mass is 32.2. The fourth-order valence-corrected chi connectivity index (χ4v) is 1.94. The SMILES string of the molecule is COCCOCCCSc1nnnn1CC(=O)OC. The summed E-state index contributed by atoms with van der Waals surface area (Å²) in [5, 5.41) is 11.7. The molecule has 19 heavy (non-hydrogen) atoms. The van der Waals surface area contributed by atoms with Gasteiger partial charge in [-0.2, -0.15) is 0 Å². The lowest BCUT2D eigenvalue weighted by Gasteiger charge is -2.04. The van der Waals surface area contributed by atoms with Crippen molar-refractivity contribution in [2.45, 2.75) is 18.1 Å². The van der Waals surface area contributed by atoms with Crippen LogP contribution in [0.3, 0.4) is 0 Å². The number of ether oxygens (including phenoxy) is 3. The monoisotopic (exact) mass is 290 g/mol. The highest BCUT2D eigenvalue weighted by molar-refractivity contribution is 7.99. The lowest BCUT2D eigenvalue weighted by atomic mass is 10.5. The van der Waals surface area contributed by atoms with Crippen LogP contribution in [0.5, 0.6) is 0 Å². The van der Waals surface area contributed by atoms with Crippen LogP contribution in [0.2, 0.25) is 0 Å². The van der Waals surface area contributed by atoms with E-state index in [0.29, 0.717) is 25.0 Å². The Kier molecular flexibility index (Phi) is 8.10. The van der Waals surface area contributed by atoms with Gasteiger partial charge in [0.1, 0.15) is 6.54 Å². The summed E-state index contributed by atoms with van der Waals surface area (Å²) in [6.07, 6.45) is 0.874. The molecule has 0 aromatic carbocycles. The van der Waals surface area contributed by atoms with Gasteiger partial charge in [-0.1, -0.05) is 11.8 Å². The molecule has 0 aliphatic carbocycles. The van der Waals surface area contributed by atoms with Gasteiger partial charge in [-0.25, -0.2) is 4.68 Å². The molecule has 8 nitrogen and oxygen atoms in total. The fourth-order valence-electron chi connectivity index (χ4n) is 1.15. The van der Waals surface area contributed by atoms with Gasteiger partial charge in [-0.3, -0.25) is 4.79 Å². The molecule has 0 atom stereocenters. The number of hydrogen-bond acceptors (Lipinski definition) is 8. The summed E-state index contributed by atoms with van der Waals surface area (Å²) in [5.74, 6) is 0.436. The molecule has 1 aromatic rings. The normalized spacial score (nSPS) is 10.6. The van der Waals surface area contributed by atoms with E-state index in [0.717, 1.165) is 12.2 Å². The fraction of sp³-hybridized carbons (Fsp3) is 0.800. The third-order valence-electron chi connectivity index (χ3n) is 2.10. The number of aromatic nitrogens is 4. The molecule has 0 N–H and O–H groups in total. The zero-order chi connectivity index (χ0) is 13.9. The van der Waals surface area contributed by atoms with Crippen LogP contribution in [0, 0.1) is 0 Å². The van der Waals surface area contributed by atoms with Crippen molar-refractivity contribution >= 4 is 17.7 Å². The van der Waals surface area contributed by atoms with Crippen LogP contribution in [-0.2, 0) is 25.5 Å². The highest BCUT2D eigenvalue weighted by Crippen LogP contribution is 2.14. The predicted molar refractivity (Wildman–Crippen MR) is 67.9 cm³/mol. The van der Waals surface area contributed by atoms with Gasteiger partial charge in [0.15, 0.2) is 0 Å². The van der Waals surface area contributed by atoms with Crippen LogP contribution in [-0.4, -0.2) is 66.0 Å². The van der Waals surface area contributed by atoms with Crippen molar-refractivity contribution in [3.05, 3.63) is 0 Å². The van der Waals surface area contributed by atoms with Crippen LogP contribution in [0.1, 0.15) is 6.42 Å². The molecule has 0 unspecified atom stereocenters. The van der Waals surface area contributed by atoms with Gasteiger partial charge < -0.3 is 14.2 Å². The van der Waals surface area contributed by atoms with Crippen molar-refractivity contribution in [3.8, 4) is 0 Å². The second-order valence-electron chi connectivity index (χ2n) is 3.50. The Balaban J connectivity index is 2.19. The quantitative estimate of drug-likeness (QED) is 0.338. The molecule has 0 aliphatic heterocycles. The standard InChI is InChI=1S/C10H18N4O4S/c1-16-5-6-18-4-3-7-19-10-11-12-13-14(10)8-9(15)17-2/h3-8H2,1-2H3. The third-order valence-corrected chi connectivity index (χ3v) is 3.14. The molecule has 0 amide bonds. The molecule has 0 saturated carbocycles. The Hall–Kier alpha value is -1.19. The number of hydrogen-bond donors (Lipinski definition) is 0. The van der Waals surface area contributed by atoms with E-state index < -0.39 is 0 Å². The lowest BCUT2D eigenvalue weighted by Crippen LogP contribution is -2.14. The first-order valence-electron chi connectivity index (χ1n) is 5.80. The maximum atomic E-state index is 11.1. The van der Waals surface area contributed by atoms with E-state index in [1.165, 1.54) is 23.6 Å². The lowest BCUT2D eigenvalue weighted by molar-refractivity contribution is -0.141. The van der Waals surface area contributed by atoms with Gasteiger partial charge in [-0.05, 0) is 16.8 Å². The minimum absolute atomic E-state index is 0.0240. The number of thioether (sulfide) groups is 1. The maximum absolute atomic E-state index is 11.1. The summed E-state index contributed by atoms with van der Waals surface area (Å²) >= 11 is 1.48. The Morgan fingerprint density at radius 3 is 2.89 bits per heavy atom. The van der Waals surface area contributed by atoms with E-state index in [2.05, 4.69) is 20.3 Å². The maximum Gasteiger partial charge on any atom is 0.327 e. The summed E-state index contributed by atoms with van der Waals surface area (Å²) in [4.78, 5) is 11.1. The van der Waals surface area contributed by atoms with E-state index >= 15 is 0 Å². The second-order valence-corrected chi connectivity index (χ2v) is 4.56. The number of tetrazole rings is 1. The molecule has 0 fully saturated rings. The topological polar surface area (TPSA) is 88.4 Å². The van der Waals surface area contributed by atoms with E-state index in [9.17, 15) is 4.79 Å². The van der Waals surface area contributed by atoms with Gasteiger partial charge in [-0.15, -0.1) is 5.10 Å². The number of methoxy groups -OCH3 is 2. The minimum Gasteiger partial charge on any atom is -0.468 e. The predicted octanol–water partition coefficient (Wildman–Crippen LogP) is -0.00870. The smallest absolute Gasteiger partial charge is 0.327 e. The summed E-state index contributed by atoms with van der Waals surface area (Å²) < 4.78 is 16.2. The van der Waals surface area contributed by atoms with Crippen LogP contribution >= 0.6 is 11.8 Å². The number of esters is 1. The second kappa shape index (κ2) is 9.70. The van der Waals surface area contributed by atoms with Gasteiger partial charge in [0.2, 0.25) is 5.16 Å². The molecule has 0 aliphatic rings. The summed E-state index contributed by atoms with van der Waals surface area (Å²) in [7, 11) is 2.97. The molecule has 0 spiro atoms. The first-order valence-corrected chi connectivity index (χ1v) is 6.79. The van der Waals surface area contributed by atoms with Crippen molar-refractivity contribution in [1.29, 1.82) is 0 Å². The third kappa shape index (κ3) is 6.50. The molecule has 9 heteroatoms. The zero-order valence-electron chi connectivity index (χ0n) is 11.1. The summed E-state index contributed by atoms with van der Waals surface area (Å²) in [6.45, 7) is 1.89. The van der Waals surface area contributed by atoms with Crippen molar-refractivity contribution in [3.63, 3.8) is 0 Å².